The van der Waals surface area contributed by atoms with E-state index in [2.05, 4.69) is 4.72 Å². The maximum atomic E-state index is 12.2. The molecule has 3 N–H and O–H groups in total. The Hall–Kier alpha value is -0.960. The number of benzene rings is 1. The summed E-state index contributed by atoms with van der Waals surface area (Å²) in [4.78, 5) is -0.337. The van der Waals surface area contributed by atoms with Gasteiger partial charge in [-0.3, -0.25) is 0 Å². The second kappa shape index (κ2) is 6.21. The number of rotatable bonds is 6. The van der Waals surface area contributed by atoms with E-state index in [9.17, 15) is 16.8 Å². The summed E-state index contributed by atoms with van der Waals surface area (Å²) in [7, 11) is -7.68. The van der Waals surface area contributed by atoms with E-state index in [1.54, 1.807) is 6.92 Å². The number of hydrogen-bond acceptors (Lipinski definition) is 4. The highest BCUT2D eigenvalue weighted by Crippen LogP contribution is 2.16. The molecule has 8 heteroatoms. The Labute approximate surface area is 120 Å². The zero-order chi connectivity index (χ0) is 15.6. The van der Waals surface area contributed by atoms with Gasteiger partial charge >= 0.3 is 0 Å². The average molecular weight is 320 g/mol. The van der Waals surface area contributed by atoms with Crippen LogP contribution in [-0.2, 0) is 20.0 Å². The summed E-state index contributed by atoms with van der Waals surface area (Å²) in [5.74, 6) is 0.350. The standard InChI is InChI=1S/C12H20N2O4S2/c1-9(2)7-10(3)14-20(17,18)12-6-4-5-11(8-12)19(13,15)16/h4-6,8-10,14H,7H2,1-3H3,(H2,13,15,16). The lowest BCUT2D eigenvalue weighted by atomic mass is 10.1. The lowest BCUT2D eigenvalue weighted by Crippen LogP contribution is -2.33. The van der Waals surface area contributed by atoms with Crippen LogP contribution in [0.1, 0.15) is 27.2 Å². The Kier molecular flexibility index (Phi) is 5.31. The van der Waals surface area contributed by atoms with Crippen molar-refractivity contribution in [1.82, 2.24) is 4.72 Å². The van der Waals surface area contributed by atoms with Crippen molar-refractivity contribution in [2.24, 2.45) is 11.1 Å². The second-order valence-electron chi connectivity index (χ2n) is 5.17. The van der Waals surface area contributed by atoms with Crippen molar-refractivity contribution >= 4 is 20.0 Å². The highest BCUT2D eigenvalue weighted by Gasteiger charge is 2.20. The lowest BCUT2D eigenvalue weighted by Gasteiger charge is -2.16. The molecule has 0 radical (unpaired) electrons. The summed E-state index contributed by atoms with van der Waals surface area (Å²) in [5, 5.41) is 4.99. The van der Waals surface area contributed by atoms with E-state index in [4.69, 9.17) is 5.14 Å². The van der Waals surface area contributed by atoms with Gasteiger partial charge in [0, 0.05) is 6.04 Å². The number of primary sulfonamides is 1. The lowest BCUT2D eigenvalue weighted by molar-refractivity contribution is 0.482. The summed E-state index contributed by atoms with van der Waals surface area (Å²) in [6.07, 6.45) is 0.689. The Balaban J connectivity index is 3.05. The first-order valence-corrected chi connectivity index (χ1v) is 9.20. The van der Waals surface area contributed by atoms with Crippen LogP contribution in [0.15, 0.2) is 34.1 Å². The Bertz CT molecular complexity index is 666. The van der Waals surface area contributed by atoms with Crippen molar-refractivity contribution in [1.29, 1.82) is 0 Å². The first-order chi connectivity index (χ1) is 9.02. The molecule has 20 heavy (non-hydrogen) atoms. The molecular formula is C12H20N2O4S2. The average Bonchev–Trinajstić information content (AvgIpc) is 2.26. The smallest absolute Gasteiger partial charge is 0.225 e. The molecule has 0 aliphatic carbocycles. The van der Waals surface area contributed by atoms with Gasteiger partial charge in [0.05, 0.1) is 9.79 Å². The fraction of sp³-hybridized carbons (Fsp3) is 0.500. The number of sulfonamides is 2. The maximum absolute atomic E-state index is 12.2. The van der Waals surface area contributed by atoms with Crippen molar-refractivity contribution in [2.45, 2.75) is 43.0 Å². The van der Waals surface area contributed by atoms with Gasteiger partial charge in [0.1, 0.15) is 0 Å². The van der Waals surface area contributed by atoms with Crippen LogP contribution in [0.2, 0.25) is 0 Å². The summed E-state index contributed by atoms with van der Waals surface area (Å²) >= 11 is 0. The van der Waals surface area contributed by atoms with E-state index < -0.39 is 20.0 Å². The molecule has 0 heterocycles. The summed E-state index contributed by atoms with van der Waals surface area (Å²) < 4.78 is 49.3. The molecule has 0 spiro atoms. The molecule has 1 unspecified atom stereocenters. The Morgan fingerprint density at radius 3 is 2.15 bits per heavy atom. The topological polar surface area (TPSA) is 106 Å². The van der Waals surface area contributed by atoms with Crippen LogP contribution in [0.4, 0.5) is 0 Å². The Morgan fingerprint density at radius 1 is 1.10 bits per heavy atom. The van der Waals surface area contributed by atoms with Gasteiger partial charge in [0.2, 0.25) is 20.0 Å². The highest BCUT2D eigenvalue weighted by molar-refractivity contribution is 7.90. The molecular weight excluding hydrogens is 300 g/mol. The van der Waals surface area contributed by atoms with Crippen LogP contribution in [-0.4, -0.2) is 22.9 Å². The van der Waals surface area contributed by atoms with Gasteiger partial charge in [-0.1, -0.05) is 19.9 Å². The van der Waals surface area contributed by atoms with Gasteiger partial charge in [0.15, 0.2) is 0 Å². The first-order valence-electron chi connectivity index (χ1n) is 6.17. The molecule has 0 saturated heterocycles. The van der Waals surface area contributed by atoms with E-state index in [0.717, 1.165) is 6.07 Å². The van der Waals surface area contributed by atoms with Crippen LogP contribution >= 0.6 is 0 Å². The molecule has 0 fully saturated rings. The second-order valence-corrected chi connectivity index (χ2v) is 8.45. The maximum Gasteiger partial charge on any atom is 0.240 e. The van der Waals surface area contributed by atoms with Gasteiger partial charge in [-0.05, 0) is 37.5 Å². The summed E-state index contributed by atoms with van der Waals surface area (Å²) in [6.45, 7) is 5.75. The van der Waals surface area contributed by atoms with Crippen LogP contribution < -0.4 is 9.86 Å². The monoisotopic (exact) mass is 320 g/mol. The molecule has 114 valence electrons. The van der Waals surface area contributed by atoms with E-state index in [1.165, 1.54) is 18.2 Å². The van der Waals surface area contributed by atoms with Gasteiger partial charge in [-0.25, -0.2) is 26.7 Å². The third-order valence-corrected chi connectivity index (χ3v) is 5.12. The normalized spacial score (nSPS) is 14.4. The van der Waals surface area contributed by atoms with E-state index in [0.29, 0.717) is 12.3 Å². The molecule has 0 amide bonds. The highest BCUT2D eigenvalue weighted by atomic mass is 32.2. The van der Waals surface area contributed by atoms with Crippen molar-refractivity contribution in [3.63, 3.8) is 0 Å². The molecule has 0 saturated carbocycles. The van der Waals surface area contributed by atoms with Crippen molar-refractivity contribution in [2.75, 3.05) is 0 Å². The largest absolute Gasteiger partial charge is 0.240 e. The van der Waals surface area contributed by atoms with Crippen LogP contribution in [0.25, 0.3) is 0 Å². The van der Waals surface area contributed by atoms with Gasteiger partial charge < -0.3 is 0 Å². The fourth-order valence-electron chi connectivity index (χ4n) is 1.91. The number of nitrogens with one attached hydrogen (secondary N) is 1. The van der Waals surface area contributed by atoms with E-state index >= 15 is 0 Å². The minimum absolute atomic E-state index is 0.111. The predicted molar refractivity (Wildman–Crippen MR) is 77.1 cm³/mol. The van der Waals surface area contributed by atoms with Crippen LogP contribution in [0.5, 0.6) is 0 Å². The van der Waals surface area contributed by atoms with Crippen molar-refractivity contribution < 1.29 is 16.8 Å². The minimum atomic E-state index is -3.93. The van der Waals surface area contributed by atoms with Crippen molar-refractivity contribution in [3.05, 3.63) is 24.3 Å². The first kappa shape index (κ1) is 17.1. The molecule has 0 bridgehead atoms. The number of hydrogen-bond donors (Lipinski definition) is 2. The molecule has 6 nitrogen and oxygen atoms in total. The molecule has 0 aliphatic rings. The molecule has 0 aliphatic heterocycles. The third kappa shape index (κ3) is 4.86. The zero-order valence-corrected chi connectivity index (χ0v) is 13.3. The van der Waals surface area contributed by atoms with E-state index in [-0.39, 0.29) is 15.8 Å². The summed E-state index contributed by atoms with van der Waals surface area (Å²) in [5.41, 5.74) is 0. The predicted octanol–water partition coefficient (Wildman–Crippen LogP) is 1.05. The van der Waals surface area contributed by atoms with Gasteiger partial charge in [-0.2, -0.15) is 0 Å². The van der Waals surface area contributed by atoms with Gasteiger partial charge in [-0.15, -0.1) is 0 Å². The van der Waals surface area contributed by atoms with Crippen molar-refractivity contribution in [3.8, 4) is 0 Å². The SMILES string of the molecule is CC(C)CC(C)NS(=O)(=O)c1cccc(S(N)(=O)=O)c1. The van der Waals surface area contributed by atoms with E-state index in [1.807, 2.05) is 13.8 Å². The summed E-state index contributed by atoms with van der Waals surface area (Å²) in [6, 6.07) is 4.75. The molecule has 1 aromatic carbocycles. The zero-order valence-electron chi connectivity index (χ0n) is 11.7. The molecule has 0 aromatic heterocycles. The van der Waals surface area contributed by atoms with Crippen LogP contribution in [0, 0.1) is 5.92 Å². The minimum Gasteiger partial charge on any atom is -0.225 e. The quantitative estimate of drug-likeness (QED) is 0.817. The molecule has 1 aromatic rings. The molecule has 1 atom stereocenters. The fourth-order valence-corrected chi connectivity index (χ4v) is 3.84. The van der Waals surface area contributed by atoms with Crippen LogP contribution in [0.3, 0.4) is 0 Å². The number of nitrogens with two attached hydrogens (primary N) is 1. The third-order valence-electron chi connectivity index (χ3n) is 2.63. The Morgan fingerprint density at radius 2 is 1.65 bits per heavy atom. The van der Waals surface area contributed by atoms with Gasteiger partial charge in [0.25, 0.3) is 0 Å². The molecule has 1 rings (SSSR count).